The monoisotopic (exact) mass is 314 g/mol. The number of aliphatic hydroxyl groups excluding tert-OH is 1. The first-order valence-electron chi connectivity index (χ1n) is 5.13. The molecule has 0 radical (unpaired) electrons. The quantitative estimate of drug-likeness (QED) is 0.924. The Morgan fingerprint density at radius 1 is 1.47 bits per heavy atom. The highest BCUT2D eigenvalue weighted by molar-refractivity contribution is 9.10. The number of halogens is 2. The fraction of sp³-hybridized carbons (Fsp3) is 0.250. The van der Waals surface area contributed by atoms with Gasteiger partial charge in [0.2, 0.25) is 0 Å². The minimum Gasteiger partial charge on any atom is -0.382 e. The Hall–Kier alpha value is -0.840. The van der Waals surface area contributed by atoms with Crippen molar-refractivity contribution in [3.05, 3.63) is 50.7 Å². The molecule has 1 N–H and O–H groups in total. The summed E-state index contributed by atoms with van der Waals surface area (Å²) in [5.74, 6) is 0. The molecule has 17 heavy (non-hydrogen) atoms. The number of aryl methyl sites for hydroxylation is 2. The summed E-state index contributed by atoms with van der Waals surface area (Å²) < 4.78 is 2.45. The van der Waals surface area contributed by atoms with Crippen molar-refractivity contribution in [1.82, 2.24) is 9.78 Å². The molecule has 1 atom stereocenters. The van der Waals surface area contributed by atoms with Gasteiger partial charge in [0.25, 0.3) is 0 Å². The summed E-state index contributed by atoms with van der Waals surface area (Å²) in [4.78, 5) is 0. The molecule has 0 aliphatic heterocycles. The number of hydrogen-bond acceptors (Lipinski definition) is 2. The predicted octanol–water partition coefficient (Wildman–Crippen LogP) is 3.23. The molecule has 90 valence electrons. The van der Waals surface area contributed by atoms with Crippen LogP contribution in [0.5, 0.6) is 0 Å². The van der Waals surface area contributed by atoms with E-state index in [0.29, 0.717) is 10.6 Å². The van der Waals surface area contributed by atoms with E-state index in [1.807, 2.05) is 25.1 Å². The van der Waals surface area contributed by atoms with Crippen LogP contribution in [-0.2, 0) is 7.05 Å². The van der Waals surface area contributed by atoms with Crippen molar-refractivity contribution in [3.63, 3.8) is 0 Å². The summed E-state index contributed by atoms with van der Waals surface area (Å²) in [7, 11) is 1.80. The maximum absolute atomic E-state index is 10.4. The highest BCUT2D eigenvalue weighted by Gasteiger charge is 2.20. The van der Waals surface area contributed by atoms with Crippen LogP contribution in [0.3, 0.4) is 0 Å². The van der Waals surface area contributed by atoms with Crippen molar-refractivity contribution in [2.24, 2.45) is 7.05 Å². The molecule has 1 aromatic carbocycles. The van der Waals surface area contributed by atoms with Gasteiger partial charge in [0.1, 0.15) is 6.10 Å². The maximum atomic E-state index is 10.4. The van der Waals surface area contributed by atoms with Crippen LogP contribution in [0, 0.1) is 6.92 Å². The number of aromatic nitrogens is 2. The first kappa shape index (κ1) is 12.6. The molecule has 0 amide bonds. The summed E-state index contributed by atoms with van der Waals surface area (Å²) in [6.07, 6.45) is -0.788. The molecule has 1 unspecified atom stereocenters. The first-order chi connectivity index (χ1) is 8.00. The Labute approximate surface area is 113 Å². The van der Waals surface area contributed by atoms with Crippen molar-refractivity contribution >= 4 is 27.5 Å². The van der Waals surface area contributed by atoms with Crippen LogP contribution in [0.2, 0.25) is 5.02 Å². The van der Waals surface area contributed by atoms with Crippen molar-refractivity contribution in [1.29, 1.82) is 0 Å². The summed E-state index contributed by atoms with van der Waals surface area (Å²) in [6.45, 7) is 1.89. The molecule has 3 nitrogen and oxygen atoms in total. The standard InChI is InChI=1S/C12H12BrClN2O/c1-7-6-10(16(2)15-7)12(17)11-8(13)4-3-5-9(11)14/h3-6,12,17H,1-2H3. The van der Waals surface area contributed by atoms with Gasteiger partial charge >= 0.3 is 0 Å². The normalized spacial score (nSPS) is 12.8. The van der Waals surface area contributed by atoms with Crippen LogP contribution in [0.15, 0.2) is 28.7 Å². The van der Waals surface area contributed by atoms with E-state index in [1.165, 1.54) is 0 Å². The van der Waals surface area contributed by atoms with Crippen molar-refractivity contribution in [2.45, 2.75) is 13.0 Å². The van der Waals surface area contributed by atoms with Crippen LogP contribution < -0.4 is 0 Å². The molecule has 0 aliphatic carbocycles. The van der Waals surface area contributed by atoms with E-state index >= 15 is 0 Å². The Morgan fingerprint density at radius 3 is 2.71 bits per heavy atom. The SMILES string of the molecule is Cc1cc(C(O)c2c(Cl)cccc2Br)n(C)n1. The molecule has 1 aromatic heterocycles. The summed E-state index contributed by atoms with van der Waals surface area (Å²) in [5, 5.41) is 15.1. The van der Waals surface area contributed by atoms with Crippen molar-refractivity contribution < 1.29 is 5.11 Å². The number of benzene rings is 1. The first-order valence-corrected chi connectivity index (χ1v) is 6.30. The van der Waals surface area contributed by atoms with Gasteiger partial charge in [-0.2, -0.15) is 5.10 Å². The van der Waals surface area contributed by atoms with E-state index in [0.717, 1.165) is 15.9 Å². The maximum Gasteiger partial charge on any atom is 0.123 e. The van der Waals surface area contributed by atoms with Gasteiger partial charge in [-0.25, -0.2) is 0 Å². The topological polar surface area (TPSA) is 38.0 Å². The van der Waals surface area contributed by atoms with Gasteiger partial charge < -0.3 is 5.11 Å². The summed E-state index contributed by atoms with van der Waals surface area (Å²) in [6, 6.07) is 7.29. The lowest BCUT2D eigenvalue weighted by atomic mass is 10.1. The second-order valence-corrected chi connectivity index (χ2v) is 5.13. The molecular formula is C12H12BrClN2O. The molecule has 2 rings (SSSR count). The smallest absolute Gasteiger partial charge is 0.123 e. The van der Waals surface area contributed by atoms with E-state index in [4.69, 9.17) is 11.6 Å². The number of aliphatic hydroxyl groups is 1. The van der Waals surface area contributed by atoms with Gasteiger partial charge in [0.05, 0.1) is 11.4 Å². The van der Waals surface area contributed by atoms with Gasteiger partial charge in [0, 0.05) is 22.1 Å². The van der Waals surface area contributed by atoms with Crippen molar-refractivity contribution in [3.8, 4) is 0 Å². The highest BCUT2D eigenvalue weighted by Crippen LogP contribution is 2.34. The third kappa shape index (κ3) is 2.39. The lowest BCUT2D eigenvalue weighted by molar-refractivity contribution is 0.209. The third-order valence-electron chi connectivity index (χ3n) is 2.59. The number of hydrogen-bond donors (Lipinski definition) is 1. The van der Waals surface area contributed by atoms with Gasteiger partial charge in [-0.05, 0) is 25.1 Å². The molecule has 0 saturated carbocycles. The third-order valence-corrected chi connectivity index (χ3v) is 3.61. The van der Waals surface area contributed by atoms with Crippen LogP contribution >= 0.6 is 27.5 Å². The van der Waals surface area contributed by atoms with E-state index in [-0.39, 0.29) is 0 Å². The average molecular weight is 316 g/mol. The molecule has 0 fully saturated rings. The molecule has 0 aliphatic rings. The zero-order chi connectivity index (χ0) is 12.6. The Balaban J connectivity index is 2.51. The molecule has 0 saturated heterocycles. The average Bonchev–Trinajstić information content (AvgIpc) is 2.57. The summed E-state index contributed by atoms with van der Waals surface area (Å²) >= 11 is 9.52. The lowest BCUT2D eigenvalue weighted by Gasteiger charge is -2.14. The minimum absolute atomic E-state index is 0.533. The fourth-order valence-electron chi connectivity index (χ4n) is 1.81. The molecule has 2 aromatic rings. The Kier molecular flexibility index (Phi) is 3.56. The molecule has 0 spiro atoms. The largest absolute Gasteiger partial charge is 0.382 e. The highest BCUT2D eigenvalue weighted by atomic mass is 79.9. The van der Waals surface area contributed by atoms with Gasteiger partial charge in [-0.15, -0.1) is 0 Å². The van der Waals surface area contributed by atoms with Gasteiger partial charge in [-0.3, -0.25) is 4.68 Å². The van der Waals surface area contributed by atoms with E-state index in [2.05, 4.69) is 21.0 Å². The molecular weight excluding hydrogens is 304 g/mol. The van der Waals surface area contributed by atoms with Gasteiger partial charge in [0.15, 0.2) is 0 Å². The number of rotatable bonds is 2. The molecule has 1 heterocycles. The fourth-order valence-corrected chi connectivity index (χ4v) is 2.78. The lowest BCUT2D eigenvalue weighted by Crippen LogP contribution is -2.07. The van der Waals surface area contributed by atoms with Crippen LogP contribution in [0.1, 0.15) is 23.1 Å². The second kappa shape index (κ2) is 4.80. The zero-order valence-corrected chi connectivity index (χ0v) is 11.8. The Morgan fingerprint density at radius 2 is 2.18 bits per heavy atom. The molecule has 5 heteroatoms. The van der Waals surface area contributed by atoms with Gasteiger partial charge in [-0.1, -0.05) is 33.6 Å². The van der Waals surface area contributed by atoms with Crippen LogP contribution in [0.25, 0.3) is 0 Å². The predicted molar refractivity (Wildman–Crippen MR) is 71.2 cm³/mol. The number of nitrogens with zero attached hydrogens (tertiary/aromatic N) is 2. The van der Waals surface area contributed by atoms with E-state index in [1.54, 1.807) is 17.8 Å². The molecule has 0 bridgehead atoms. The van der Waals surface area contributed by atoms with E-state index in [9.17, 15) is 5.11 Å². The van der Waals surface area contributed by atoms with Crippen LogP contribution in [-0.4, -0.2) is 14.9 Å². The summed E-state index contributed by atoms with van der Waals surface area (Å²) in [5.41, 5.74) is 2.25. The van der Waals surface area contributed by atoms with E-state index < -0.39 is 6.10 Å². The minimum atomic E-state index is -0.788. The second-order valence-electron chi connectivity index (χ2n) is 3.87. The Bertz CT molecular complexity index is 533. The van der Waals surface area contributed by atoms with Crippen LogP contribution in [0.4, 0.5) is 0 Å². The van der Waals surface area contributed by atoms with Crippen molar-refractivity contribution in [2.75, 3.05) is 0 Å². The zero-order valence-electron chi connectivity index (χ0n) is 9.48.